The number of nitrogens with two attached hydrogens (primary N) is 1. The van der Waals surface area contributed by atoms with Crippen molar-refractivity contribution < 1.29 is 9.53 Å². The van der Waals surface area contributed by atoms with Gasteiger partial charge in [-0.15, -0.1) is 11.3 Å². The maximum absolute atomic E-state index is 12.3. The molecule has 0 saturated carbocycles. The Morgan fingerprint density at radius 3 is 2.89 bits per heavy atom. The average Bonchev–Trinajstić information content (AvgIpc) is 2.83. The number of likely N-dealkylation sites (N-methyl/N-ethyl adjacent to an activating group) is 1. The summed E-state index contributed by atoms with van der Waals surface area (Å²) in [5.74, 6) is 0.254. The Bertz CT molecular complexity index is 429. The van der Waals surface area contributed by atoms with E-state index in [9.17, 15) is 4.79 Å². The Morgan fingerprint density at radius 2 is 2.32 bits per heavy atom. The van der Waals surface area contributed by atoms with Gasteiger partial charge in [0.1, 0.15) is 0 Å². The van der Waals surface area contributed by atoms with Crippen LogP contribution in [0.4, 0.5) is 0 Å². The summed E-state index contributed by atoms with van der Waals surface area (Å²) >= 11 is 1.61. The van der Waals surface area contributed by atoms with E-state index in [4.69, 9.17) is 10.5 Å². The highest BCUT2D eigenvalue weighted by molar-refractivity contribution is 7.11. The first kappa shape index (κ1) is 14.4. The van der Waals surface area contributed by atoms with Crippen LogP contribution in [0.1, 0.15) is 22.7 Å². The van der Waals surface area contributed by atoms with Gasteiger partial charge in [-0.25, -0.2) is 4.98 Å². The summed E-state index contributed by atoms with van der Waals surface area (Å²) in [5, 5.41) is 1.02. The lowest BCUT2D eigenvalue weighted by Crippen LogP contribution is -2.47. The van der Waals surface area contributed by atoms with Crippen LogP contribution in [0, 0.1) is 12.8 Å². The van der Waals surface area contributed by atoms with Crippen LogP contribution in [0.15, 0.2) is 6.20 Å². The van der Waals surface area contributed by atoms with Crippen molar-refractivity contribution in [2.75, 3.05) is 20.3 Å². The van der Waals surface area contributed by atoms with E-state index in [1.807, 2.05) is 13.1 Å². The molecule has 0 aliphatic carbocycles. The maximum atomic E-state index is 12.3. The fourth-order valence-electron chi connectivity index (χ4n) is 2.32. The number of hydrogen-bond acceptors (Lipinski definition) is 5. The quantitative estimate of drug-likeness (QED) is 0.900. The molecule has 1 aliphatic heterocycles. The van der Waals surface area contributed by atoms with Gasteiger partial charge in [-0.2, -0.15) is 0 Å². The molecule has 2 rings (SSSR count). The maximum Gasteiger partial charge on any atom is 0.239 e. The first-order valence-electron chi connectivity index (χ1n) is 6.57. The molecule has 106 valence electrons. The van der Waals surface area contributed by atoms with E-state index in [-0.39, 0.29) is 11.8 Å². The monoisotopic (exact) mass is 283 g/mol. The number of rotatable bonds is 4. The number of nitrogens with zero attached hydrogens (tertiary/aromatic N) is 2. The van der Waals surface area contributed by atoms with Crippen LogP contribution < -0.4 is 5.73 Å². The van der Waals surface area contributed by atoms with Crippen molar-refractivity contribution in [1.82, 2.24) is 9.88 Å². The Hall–Kier alpha value is -0.980. The highest BCUT2D eigenvalue weighted by atomic mass is 32.1. The summed E-state index contributed by atoms with van der Waals surface area (Å²) in [4.78, 5) is 19.3. The first-order valence-corrected chi connectivity index (χ1v) is 7.39. The van der Waals surface area contributed by atoms with Gasteiger partial charge in [-0.3, -0.25) is 4.79 Å². The van der Waals surface area contributed by atoms with E-state index in [1.54, 1.807) is 23.3 Å². The number of carbonyl (C=O) groups excluding carboxylic acids is 1. The second-order valence-electron chi connectivity index (χ2n) is 5.02. The fourth-order valence-corrected chi connectivity index (χ4v) is 3.17. The third-order valence-corrected chi connectivity index (χ3v) is 4.39. The van der Waals surface area contributed by atoms with Crippen LogP contribution in [-0.2, 0) is 16.1 Å². The van der Waals surface area contributed by atoms with Crippen LogP contribution in [-0.4, -0.2) is 42.1 Å². The van der Waals surface area contributed by atoms with E-state index in [0.717, 1.165) is 22.7 Å². The number of hydrogen-bond donors (Lipinski definition) is 1. The second-order valence-corrected chi connectivity index (χ2v) is 6.33. The van der Waals surface area contributed by atoms with E-state index >= 15 is 0 Å². The lowest BCUT2D eigenvalue weighted by atomic mass is 9.91. The number of thiazole rings is 1. The summed E-state index contributed by atoms with van der Waals surface area (Å²) in [7, 11) is 1.80. The minimum absolute atomic E-state index is 0.0120. The molecule has 0 radical (unpaired) electrons. The molecule has 0 bridgehead atoms. The Kier molecular flexibility index (Phi) is 4.90. The average molecular weight is 283 g/mol. The molecule has 1 aromatic rings. The molecule has 1 atom stereocenters. The second kappa shape index (κ2) is 6.45. The third kappa shape index (κ3) is 3.75. The molecular formula is C13H21N3O2S. The number of aryl methyl sites for hydroxylation is 1. The molecule has 19 heavy (non-hydrogen) atoms. The van der Waals surface area contributed by atoms with Crippen molar-refractivity contribution in [3.05, 3.63) is 16.1 Å². The van der Waals surface area contributed by atoms with E-state index in [0.29, 0.717) is 19.8 Å². The van der Waals surface area contributed by atoms with Crippen LogP contribution in [0.5, 0.6) is 0 Å². The van der Waals surface area contributed by atoms with Crippen molar-refractivity contribution in [3.8, 4) is 0 Å². The fraction of sp³-hybridized carbons (Fsp3) is 0.692. The molecule has 1 saturated heterocycles. The lowest BCUT2D eigenvalue weighted by Gasteiger charge is -2.29. The van der Waals surface area contributed by atoms with E-state index < -0.39 is 6.04 Å². The van der Waals surface area contributed by atoms with Gasteiger partial charge in [0.05, 0.1) is 17.6 Å². The van der Waals surface area contributed by atoms with Crippen LogP contribution >= 0.6 is 11.3 Å². The molecule has 0 spiro atoms. The summed E-state index contributed by atoms with van der Waals surface area (Å²) in [6, 6.07) is -0.414. The van der Waals surface area contributed by atoms with Crippen LogP contribution in [0.3, 0.4) is 0 Å². The van der Waals surface area contributed by atoms with Gasteiger partial charge in [0, 0.05) is 31.3 Å². The van der Waals surface area contributed by atoms with Crippen molar-refractivity contribution in [2.24, 2.45) is 11.7 Å². The van der Waals surface area contributed by atoms with Crippen molar-refractivity contribution in [2.45, 2.75) is 32.4 Å². The summed E-state index contributed by atoms with van der Waals surface area (Å²) in [6.07, 6.45) is 3.57. The van der Waals surface area contributed by atoms with E-state index in [2.05, 4.69) is 4.98 Å². The lowest BCUT2D eigenvalue weighted by molar-refractivity contribution is -0.133. The SMILES string of the molecule is Cc1ncc(CN(C)C(=O)C(N)C2CCOCC2)s1. The minimum Gasteiger partial charge on any atom is -0.381 e. The molecule has 6 heteroatoms. The van der Waals surface area contributed by atoms with Gasteiger partial charge in [0.15, 0.2) is 0 Å². The van der Waals surface area contributed by atoms with E-state index in [1.165, 1.54) is 0 Å². The molecular weight excluding hydrogens is 262 g/mol. The van der Waals surface area contributed by atoms with Gasteiger partial charge in [0.25, 0.3) is 0 Å². The van der Waals surface area contributed by atoms with Gasteiger partial charge in [-0.1, -0.05) is 0 Å². The zero-order valence-electron chi connectivity index (χ0n) is 11.5. The smallest absolute Gasteiger partial charge is 0.239 e. The van der Waals surface area contributed by atoms with Crippen molar-refractivity contribution in [1.29, 1.82) is 0 Å². The zero-order chi connectivity index (χ0) is 13.8. The van der Waals surface area contributed by atoms with Crippen LogP contribution in [0.2, 0.25) is 0 Å². The Balaban J connectivity index is 1.90. The Labute approximate surface area is 117 Å². The minimum atomic E-state index is -0.414. The topological polar surface area (TPSA) is 68.5 Å². The number of ether oxygens (including phenoxy) is 1. The molecule has 1 aliphatic rings. The normalized spacial score (nSPS) is 18.3. The summed E-state index contributed by atoms with van der Waals surface area (Å²) in [5.41, 5.74) is 6.09. The first-order chi connectivity index (χ1) is 9.08. The van der Waals surface area contributed by atoms with Gasteiger partial charge in [0.2, 0.25) is 5.91 Å². The molecule has 2 heterocycles. The zero-order valence-corrected chi connectivity index (χ0v) is 12.3. The molecule has 1 amide bonds. The molecule has 1 fully saturated rings. The van der Waals surface area contributed by atoms with Crippen molar-refractivity contribution >= 4 is 17.2 Å². The highest BCUT2D eigenvalue weighted by Gasteiger charge is 2.28. The molecule has 5 nitrogen and oxygen atoms in total. The Morgan fingerprint density at radius 1 is 1.63 bits per heavy atom. The number of amides is 1. The number of carbonyl (C=O) groups is 1. The van der Waals surface area contributed by atoms with Crippen LogP contribution in [0.25, 0.3) is 0 Å². The summed E-state index contributed by atoms with van der Waals surface area (Å²) in [6.45, 7) is 3.97. The largest absolute Gasteiger partial charge is 0.381 e. The predicted molar refractivity (Wildman–Crippen MR) is 74.8 cm³/mol. The molecule has 1 aromatic heterocycles. The predicted octanol–water partition coefficient (Wildman–Crippen LogP) is 1.16. The van der Waals surface area contributed by atoms with Gasteiger partial charge in [-0.05, 0) is 25.7 Å². The van der Waals surface area contributed by atoms with Gasteiger partial charge < -0.3 is 15.4 Å². The van der Waals surface area contributed by atoms with Crippen molar-refractivity contribution in [3.63, 3.8) is 0 Å². The summed E-state index contributed by atoms with van der Waals surface area (Å²) < 4.78 is 5.30. The van der Waals surface area contributed by atoms with Gasteiger partial charge >= 0.3 is 0 Å². The standard InChI is InChI=1S/C13H21N3O2S/c1-9-15-7-11(19-9)8-16(2)13(17)12(14)10-3-5-18-6-4-10/h7,10,12H,3-6,8,14H2,1-2H3. The molecule has 2 N–H and O–H groups in total. The third-order valence-electron chi connectivity index (χ3n) is 3.50. The highest BCUT2D eigenvalue weighted by Crippen LogP contribution is 2.20. The molecule has 0 aromatic carbocycles. The number of aromatic nitrogens is 1. The molecule has 1 unspecified atom stereocenters.